The van der Waals surface area contributed by atoms with Gasteiger partial charge in [-0.3, -0.25) is 0 Å². The molecule has 1 atom stereocenters. The fourth-order valence-electron chi connectivity index (χ4n) is 2.50. The number of thiophene rings is 1. The summed E-state index contributed by atoms with van der Waals surface area (Å²) >= 11 is 1.29. The molecular formula is C17H15FNOS. The number of rotatable bonds is 3. The van der Waals surface area contributed by atoms with Crippen molar-refractivity contribution in [3.8, 4) is 22.3 Å². The Balaban J connectivity index is 1.77. The number of halogens is 1. The van der Waals surface area contributed by atoms with Crippen LogP contribution in [0.1, 0.15) is 30.6 Å². The van der Waals surface area contributed by atoms with E-state index in [0.29, 0.717) is 16.2 Å². The van der Waals surface area contributed by atoms with Gasteiger partial charge in [-0.15, -0.1) is 11.3 Å². The van der Waals surface area contributed by atoms with Crippen LogP contribution >= 0.6 is 11.3 Å². The quantitative estimate of drug-likeness (QED) is 0.803. The van der Waals surface area contributed by atoms with Crippen molar-refractivity contribution in [2.24, 2.45) is 0 Å². The van der Waals surface area contributed by atoms with Crippen LogP contribution in [0.5, 0.6) is 5.75 Å². The second-order valence-corrected chi connectivity index (χ2v) is 6.18. The van der Waals surface area contributed by atoms with Gasteiger partial charge in [0.25, 0.3) is 0 Å². The van der Waals surface area contributed by atoms with Crippen molar-refractivity contribution in [3.63, 3.8) is 0 Å². The number of benzene rings is 1. The van der Waals surface area contributed by atoms with Gasteiger partial charge in [-0.05, 0) is 43.5 Å². The first-order chi connectivity index (χ1) is 10.3. The van der Waals surface area contributed by atoms with Gasteiger partial charge < -0.3 is 4.74 Å². The molecular weight excluding hydrogens is 285 g/mol. The second kappa shape index (κ2) is 6.28. The summed E-state index contributed by atoms with van der Waals surface area (Å²) in [6.07, 6.45) is 6.70. The molecule has 4 heteroatoms. The van der Waals surface area contributed by atoms with Crippen molar-refractivity contribution in [2.75, 3.05) is 0 Å². The normalized spacial score (nSPS) is 15.6. The van der Waals surface area contributed by atoms with E-state index in [-0.39, 0.29) is 11.9 Å². The van der Waals surface area contributed by atoms with Crippen molar-refractivity contribution in [2.45, 2.75) is 31.8 Å². The molecule has 0 bridgehead atoms. The zero-order valence-electron chi connectivity index (χ0n) is 11.5. The Morgan fingerprint density at radius 1 is 1.24 bits per heavy atom. The van der Waals surface area contributed by atoms with E-state index in [1.54, 1.807) is 24.3 Å². The molecule has 1 saturated carbocycles. The van der Waals surface area contributed by atoms with Gasteiger partial charge in [-0.25, -0.2) is 4.39 Å². The molecule has 0 aliphatic heterocycles. The Kier molecular flexibility index (Phi) is 4.21. The van der Waals surface area contributed by atoms with E-state index in [1.807, 2.05) is 0 Å². The maximum atomic E-state index is 14.2. The zero-order valence-corrected chi connectivity index (χ0v) is 12.3. The molecule has 1 aromatic heterocycles. The lowest BCUT2D eigenvalue weighted by molar-refractivity contribution is 0.198. The first-order valence-electron chi connectivity index (χ1n) is 7.06. The summed E-state index contributed by atoms with van der Waals surface area (Å²) in [6, 6.07) is 10.5. The van der Waals surface area contributed by atoms with Gasteiger partial charge in [0.2, 0.25) is 0 Å². The minimum atomic E-state index is -0.311. The van der Waals surface area contributed by atoms with Crippen LogP contribution in [0.25, 0.3) is 10.4 Å². The Morgan fingerprint density at radius 2 is 2.14 bits per heavy atom. The van der Waals surface area contributed by atoms with Gasteiger partial charge in [0.05, 0.1) is 0 Å². The highest BCUT2D eigenvalue weighted by molar-refractivity contribution is 7.16. The van der Waals surface area contributed by atoms with E-state index in [9.17, 15) is 4.39 Å². The molecule has 21 heavy (non-hydrogen) atoms. The first kappa shape index (κ1) is 14.1. The molecule has 1 radical (unpaired) electrons. The van der Waals surface area contributed by atoms with Crippen LogP contribution in [0.2, 0.25) is 0 Å². The number of nitrogens with zero attached hydrogens (tertiary/aromatic N) is 1. The molecule has 1 heterocycles. The topological polar surface area (TPSA) is 33.0 Å². The molecule has 1 fully saturated rings. The Bertz CT molecular complexity index is 668. The van der Waals surface area contributed by atoms with E-state index in [2.05, 4.69) is 12.5 Å². The second-order valence-electron chi connectivity index (χ2n) is 5.09. The maximum Gasteiger partial charge on any atom is 0.135 e. The molecule has 1 aliphatic rings. The monoisotopic (exact) mass is 300 g/mol. The van der Waals surface area contributed by atoms with E-state index >= 15 is 0 Å². The maximum absolute atomic E-state index is 14.2. The number of ether oxygens (including phenoxy) is 1. The van der Waals surface area contributed by atoms with Crippen molar-refractivity contribution in [3.05, 3.63) is 47.4 Å². The third-order valence-electron chi connectivity index (χ3n) is 3.58. The largest absolute Gasteiger partial charge is 0.490 e. The summed E-state index contributed by atoms with van der Waals surface area (Å²) in [5.74, 6) is 0.256. The molecule has 1 unspecified atom stereocenters. The van der Waals surface area contributed by atoms with Gasteiger partial charge in [0, 0.05) is 22.9 Å². The van der Waals surface area contributed by atoms with E-state index in [4.69, 9.17) is 10.00 Å². The predicted molar refractivity (Wildman–Crippen MR) is 81.6 cm³/mol. The summed E-state index contributed by atoms with van der Waals surface area (Å²) in [4.78, 5) is 1.35. The first-order valence-corrected chi connectivity index (χ1v) is 7.88. The molecule has 0 saturated heterocycles. The van der Waals surface area contributed by atoms with Gasteiger partial charge in [0.1, 0.15) is 28.6 Å². The highest BCUT2D eigenvalue weighted by Crippen LogP contribution is 2.32. The smallest absolute Gasteiger partial charge is 0.135 e. The van der Waals surface area contributed by atoms with Gasteiger partial charge >= 0.3 is 0 Å². The van der Waals surface area contributed by atoms with Crippen molar-refractivity contribution in [1.82, 2.24) is 0 Å². The van der Waals surface area contributed by atoms with Crippen LogP contribution in [-0.4, -0.2) is 6.10 Å². The molecule has 2 aromatic rings. The fourth-order valence-corrected chi connectivity index (χ4v) is 3.34. The van der Waals surface area contributed by atoms with Gasteiger partial charge in [0.15, 0.2) is 0 Å². The highest BCUT2D eigenvalue weighted by atomic mass is 32.1. The average molecular weight is 300 g/mol. The van der Waals surface area contributed by atoms with Crippen LogP contribution in [-0.2, 0) is 0 Å². The standard InChI is InChI=1S/C17H15FNOS/c18-16-10-13(20-12-4-2-1-3-5-12)6-8-15(16)17-9-7-14(11-19)21-17/h4,6-10,12H,1-3,5H2. The average Bonchev–Trinajstić information content (AvgIpc) is 2.97. The zero-order chi connectivity index (χ0) is 14.7. The lowest BCUT2D eigenvalue weighted by Crippen LogP contribution is -2.20. The number of nitriles is 1. The molecule has 3 rings (SSSR count). The molecule has 0 amide bonds. The minimum absolute atomic E-state index is 0.0935. The lowest BCUT2D eigenvalue weighted by atomic mass is 9.98. The summed E-state index contributed by atoms with van der Waals surface area (Å²) in [5, 5.41) is 8.84. The van der Waals surface area contributed by atoms with Crippen LogP contribution in [0.4, 0.5) is 4.39 Å². The molecule has 2 nitrogen and oxygen atoms in total. The van der Waals surface area contributed by atoms with E-state index in [1.165, 1.54) is 23.8 Å². The Hall–Kier alpha value is -1.86. The summed E-state index contributed by atoms with van der Waals surface area (Å²) < 4.78 is 20.0. The van der Waals surface area contributed by atoms with Gasteiger partial charge in [-0.2, -0.15) is 5.26 Å². The SMILES string of the molecule is N#Cc1ccc(-c2ccc(OC3[CH]CCCC3)cc2F)s1. The number of hydrogen-bond donors (Lipinski definition) is 0. The lowest BCUT2D eigenvalue weighted by Gasteiger charge is -2.22. The third-order valence-corrected chi connectivity index (χ3v) is 4.61. The summed E-state index contributed by atoms with van der Waals surface area (Å²) in [6.45, 7) is 0. The predicted octanol–water partition coefficient (Wildman–Crippen LogP) is 4.95. The van der Waals surface area contributed by atoms with Crippen molar-refractivity contribution < 1.29 is 9.13 Å². The van der Waals surface area contributed by atoms with Crippen LogP contribution in [0, 0.1) is 23.6 Å². The van der Waals surface area contributed by atoms with Gasteiger partial charge in [-0.1, -0.05) is 6.42 Å². The van der Waals surface area contributed by atoms with Crippen LogP contribution in [0.3, 0.4) is 0 Å². The fraction of sp³-hybridized carbons (Fsp3) is 0.294. The van der Waals surface area contributed by atoms with Crippen molar-refractivity contribution in [1.29, 1.82) is 5.26 Å². The van der Waals surface area contributed by atoms with E-state index in [0.717, 1.165) is 24.1 Å². The summed E-state index contributed by atoms with van der Waals surface area (Å²) in [7, 11) is 0. The minimum Gasteiger partial charge on any atom is -0.490 e. The Morgan fingerprint density at radius 3 is 2.81 bits per heavy atom. The van der Waals surface area contributed by atoms with Crippen LogP contribution in [0.15, 0.2) is 30.3 Å². The summed E-state index contributed by atoms with van der Waals surface area (Å²) in [5.41, 5.74) is 0.515. The Labute approximate surface area is 127 Å². The molecule has 1 aromatic carbocycles. The van der Waals surface area contributed by atoms with Crippen LogP contribution < -0.4 is 4.74 Å². The molecule has 0 N–H and O–H groups in total. The molecule has 0 spiro atoms. The molecule has 1 aliphatic carbocycles. The molecule has 107 valence electrons. The van der Waals surface area contributed by atoms with E-state index < -0.39 is 0 Å². The van der Waals surface area contributed by atoms with Crippen molar-refractivity contribution >= 4 is 11.3 Å². The third kappa shape index (κ3) is 3.25. The number of hydrogen-bond acceptors (Lipinski definition) is 3. The highest BCUT2D eigenvalue weighted by Gasteiger charge is 2.16.